The predicted octanol–water partition coefficient (Wildman–Crippen LogP) is -1.31. The third-order valence-electron chi connectivity index (χ3n) is 2.19. The molecule has 0 unspecified atom stereocenters. The number of carboxylic acid groups (broad SMARTS) is 1. The lowest BCUT2D eigenvalue weighted by molar-refractivity contribution is -0.137. The lowest BCUT2D eigenvalue weighted by Crippen LogP contribution is -2.39. The van der Waals surface area contributed by atoms with Gasteiger partial charge >= 0.3 is 6.09 Å². The summed E-state index contributed by atoms with van der Waals surface area (Å²) in [6.07, 6.45) is 1.15. The van der Waals surface area contributed by atoms with Crippen LogP contribution in [0.25, 0.3) is 0 Å². The number of imide groups is 1. The molecule has 0 spiro atoms. The number of nitrogens with one attached hydrogen (secondary N) is 2. The van der Waals surface area contributed by atoms with Crippen LogP contribution in [0, 0.1) is 0 Å². The van der Waals surface area contributed by atoms with Crippen molar-refractivity contribution < 1.29 is 24.3 Å². The van der Waals surface area contributed by atoms with Gasteiger partial charge in [-0.3, -0.25) is 19.3 Å². The molecule has 1 aliphatic rings. The van der Waals surface area contributed by atoms with Crippen LogP contribution in [-0.4, -0.2) is 53.5 Å². The third-order valence-corrected chi connectivity index (χ3v) is 2.19. The van der Waals surface area contributed by atoms with E-state index in [1.807, 2.05) is 5.32 Å². The lowest BCUT2D eigenvalue weighted by Gasteiger charge is -2.13. The molecule has 1 rings (SSSR count). The molecule has 0 aromatic carbocycles. The summed E-state index contributed by atoms with van der Waals surface area (Å²) in [4.78, 5) is 44.6. The monoisotopic (exact) mass is 255 g/mol. The number of rotatable bonds is 6. The number of nitrogens with zero attached hydrogens (tertiary/aromatic N) is 1. The summed E-state index contributed by atoms with van der Waals surface area (Å²) in [6.45, 7) is 0.262. The summed E-state index contributed by atoms with van der Waals surface area (Å²) in [5.74, 6) is -1.15. The van der Waals surface area contributed by atoms with Crippen LogP contribution in [0.5, 0.6) is 0 Å². The van der Waals surface area contributed by atoms with Gasteiger partial charge in [0.05, 0.1) is 0 Å². The van der Waals surface area contributed by atoms with Gasteiger partial charge in [-0.1, -0.05) is 0 Å². The molecule has 0 aromatic heterocycles. The van der Waals surface area contributed by atoms with E-state index in [4.69, 9.17) is 5.11 Å². The molecule has 0 aromatic rings. The average molecular weight is 255 g/mol. The molecule has 1 heterocycles. The highest BCUT2D eigenvalue weighted by atomic mass is 16.4. The van der Waals surface area contributed by atoms with Crippen molar-refractivity contribution in [2.45, 2.75) is 6.42 Å². The fraction of sp³-hybridized carbons (Fsp3) is 0.400. The van der Waals surface area contributed by atoms with Crippen molar-refractivity contribution in [1.29, 1.82) is 0 Å². The van der Waals surface area contributed by atoms with Crippen molar-refractivity contribution in [3.63, 3.8) is 0 Å². The second-order valence-electron chi connectivity index (χ2n) is 3.49. The van der Waals surface area contributed by atoms with Gasteiger partial charge in [0.2, 0.25) is 5.91 Å². The second kappa shape index (κ2) is 6.38. The zero-order valence-corrected chi connectivity index (χ0v) is 9.51. The highest BCUT2D eigenvalue weighted by Crippen LogP contribution is 2.01. The lowest BCUT2D eigenvalue weighted by atomic mass is 10.4. The summed E-state index contributed by atoms with van der Waals surface area (Å²) >= 11 is 0. The van der Waals surface area contributed by atoms with Gasteiger partial charge in [-0.2, -0.15) is 0 Å². The van der Waals surface area contributed by atoms with Crippen molar-refractivity contribution in [3.8, 4) is 0 Å². The van der Waals surface area contributed by atoms with Crippen LogP contribution in [0.15, 0.2) is 12.2 Å². The van der Waals surface area contributed by atoms with Crippen LogP contribution < -0.4 is 10.6 Å². The third kappa shape index (κ3) is 4.24. The number of carbonyl (C=O) groups is 4. The second-order valence-corrected chi connectivity index (χ2v) is 3.49. The normalized spacial score (nSPS) is 13.9. The van der Waals surface area contributed by atoms with Gasteiger partial charge in [-0.15, -0.1) is 0 Å². The Labute approximate surface area is 103 Å². The number of hydrogen-bond acceptors (Lipinski definition) is 4. The maximum atomic E-state index is 11.2. The highest BCUT2D eigenvalue weighted by Gasteiger charge is 2.22. The van der Waals surface area contributed by atoms with E-state index in [0.29, 0.717) is 0 Å². The first-order chi connectivity index (χ1) is 8.50. The standard InChI is InChI=1S/C10H13N3O5/c14-7(3-4-12-10(17)18)11-5-6-13-8(15)1-2-9(13)16/h1-2,12H,3-6H2,(H,11,14)(H,17,18). The smallest absolute Gasteiger partial charge is 0.404 e. The van der Waals surface area contributed by atoms with Crippen molar-refractivity contribution in [1.82, 2.24) is 15.5 Å². The molecule has 0 aliphatic carbocycles. The van der Waals surface area contributed by atoms with Gasteiger partial charge in [0.25, 0.3) is 11.8 Å². The van der Waals surface area contributed by atoms with Crippen LogP contribution in [-0.2, 0) is 14.4 Å². The zero-order chi connectivity index (χ0) is 13.5. The van der Waals surface area contributed by atoms with Crippen LogP contribution in [0.3, 0.4) is 0 Å². The van der Waals surface area contributed by atoms with E-state index in [0.717, 1.165) is 4.90 Å². The van der Waals surface area contributed by atoms with Crippen LogP contribution in [0.4, 0.5) is 4.79 Å². The van der Waals surface area contributed by atoms with Crippen molar-refractivity contribution >= 4 is 23.8 Å². The van der Waals surface area contributed by atoms with Crippen LogP contribution >= 0.6 is 0 Å². The minimum atomic E-state index is -1.19. The Bertz CT molecular complexity index is 386. The molecule has 8 nitrogen and oxygen atoms in total. The molecule has 0 bridgehead atoms. The highest BCUT2D eigenvalue weighted by molar-refractivity contribution is 6.12. The Morgan fingerprint density at radius 3 is 2.28 bits per heavy atom. The number of carbonyl (C=O) groups excluding carboxylic acids is 3. The molecule has 3 N–H and O–H groups in total. The number of hydrogen-bond donors (Lipinski definition) is 3. The minimum absolute atomic E-state index is 0.00639. The maximum absolute atomic E-state index is 11.2. The van der Waals surface area contributed by atoms with Gasteiger partial charge in [0.1, 0.15) is 0 Å². The molecular weight excluding hydrogens is 242 g/mol. The molecule has 98 valence electrons. The molecular formula is C10H13N3O5. The topological polar surface area (TPSA) is 116 Å². The van der Waals surface area contributed by atoms with Gasteiger partial charge < -0.3 is 15.7 Å². The first kappa shape index (κ1) is 13.7. The van der Waals surface area contributed by atoms with Crippen LogP contribution in [0.1, 0.15) is 6.42 Å². The van der Waals surface area contributed by atoms with E-state index >= 15 is 0 Å². The number of amides is 4. The summed E-state index contributed by atoms with van der Waals surface area (Å²) in [5, 5.41) is 12.8. The van der Waals surface area contributed by atoms with Gasteiger partial charge in [-0.25, -0.2) is 4.79 Å². The summed E-state index contributed by atoms with van der Waals surface area (Å²) < 4.78 is 0. The van der Waals surface area contributed by atoms with Crippen molar-refractivity contribution in [3.05, 3.63) is 12.2 Å². The quantitative estimate of drug-likeness (QED) is 0.509. The fourth-order valence-corrected chi connectivity index (χ4v) is 1.33. The van der Waals surface area contributed by atoms with E-state index in [9.17, 15) is 19.2 Å². The molecule has 8 heteroatoms. The molecule has 0 atom stereocenters. The van der Waals surface area contributed by atoms with E-state index in [1.54, 1.807) is 0 Å². The van der Waals surface area contributed by atoms with Gasteiger partial charge in [0, 0.05) is 38.2 Å². The van der Waals surface area contributed by atoms with E-state index in [2.05, 4.69) is 5.32 Å². The summed E-state index contributed by atoms with van der Waals surface area (Å²) in [7, 11) is 0. The van der Waals surface area contributed by atoms with Crippen LogP contribution in [0.2, 0.25) is 0 Å². The summed E-state index contributed by atoms with van der Waals surface area (Å²) in [6, 6.07) is 0. The SMILES string of the molecule is O=C(O)NCCC(=O)NCCN1C(=O)C=CC1=O. The first-order valence-corrected chi connectivity index (χ1v) is 5.27. The molecule has 1 aliphatic heterocycles. The first-order valence-electron chi connectivity index (χ1n) is 5.27. The molecule has 4 amide bonds. The van der Waals surface area contributed by atoms with Gasteiger partial charge in [-0.05, 0) is 0 Å². The summed E-state index contributed by atoms with van der Waals surface area (Å²) in [5.41, 5.74) is 0. The molecule has 18 heavy (non-hydrogen) atoms. The van der Waals surface area contributed by atoms with Crippen molar-refractivity contribution in [2.75, 3.05) is 19.6 Å². The largest absolute Gasteiger partial charge is 0.465 e. The Kier molecular flexibility index (Phi) is 4.85. The predicted molar refractivity (Wildman–Crippen MR) is 59.5 cm³/mol. The zero-order valence-electron chi connectivity index (χ0n) is 9.51. The Morgan fingerprint density at radius 2 is 1.72 bits per heavy atom. The Balaban J connectivity index is 2.14. The van der Waals surface area contributed by atoms with E-state index in [1.165, 1.54) is 12.2 Å². The Morgan fingerprint density at radius 1 is 1.11 bits per heavy atom. The fourth-order valence-electron chi connectivity index (χ4n) is 1.33. The molecule has 0 fully saturated rings. The molecule has 0 saturated carbocycles. The van der Waals surface area contributed by atoms with Crippen molar-refractivity contribution in [2.24, 2.45) is 0 Å². The Hall–Kier alpha value is -2.38. The average Bonchev–Trinajstić information content (AvgIpc) is 2.60. The van der Waals surface area contributed by atoms with E-state index in [-0.39, 0.29) is 32.0 Å². The maximum Gasteiger partial charge on any atom is 0.404 e. The van der Waals surface area contributed by atoms with Gasteiger partial charge in [0.15, 0.2) is 0 Å². The van der Waals surface area contributed by atoms with E-state index < -0.39 is 17.9 Å². The molecule has 0 radical (unpaired) electrons. The minimum Gasteiger partial charge on any atom is -0.465 e. The molecule has 0 saturated heterocycles.